The molecule has 2 N–H and O–H groups in total. The number of alkyl halides is 3. The Hall–Kier alpha value is -2.43. The lowest BCUT2D eigenvalue weighted by Gasteiger charge is -2.50. The molecule has 2 saturated heterocycles. The van der Waals surface area contributed by atoms with Crippen LogP contribution < -0.4 is 0 Å². The molecule has 2 heterocycles. The highest BCUT2D eigenvalue weighted by atomic mass is 79.9. The number of hydrogen-bond acceptors (Lipinski definition) is 6. The van der Waals surface area contributed by atoms with E-state index >= 15 is 0 Å². The average molecular weight is 642 g/mol. The Bertz CT molecular complexity index is 1300. The molecule has 6 atom stereocenters. The maximum atomic E-state index is 13.7. The maximum absolute atomic E-state index is 13.7. The summed E-state index contributed by atoms with van der Waals surface area (Å²) >= 11 is 17.4. The number of carbonyl (C=O) groups excluding carboxylic acids is 4. The van der Waals surface area contributed by atoms with E-state index in [0.717, 1.165) is 4.90 Å². The number of likely N-dealkylation sites (tertiary alicyclic amines) is 2. The summed E-state index contributed by atoms with van der Waals surface area (Å²) in [5, 5.41) is 19.1. The van der Waals surface area contributed by atoms with Crippen LogP contribution in [-0.2, 0) is 24.0 Å². The zero-order chi connectivity index (χ0) is 28.3. The van der Waals surface area contributed by atoms with Gasteiger partial charge in [0.2, 0.25) is 11.8 Å². The number of rotatable bonds is 8. The van der Waals surface area contributed by atoms with Crippen molar-refractivity contribution in [3.63, 3.8) is 0 Å². The minimum Gasteiger partial charge on any atom is -0.508 e. The molecule has 0 spiro atoms. The van der Waals surface area contributed by atoms with Gasteiger partial charge in [-0.05, 0) is 49.3 Å². The number of hydrogen-bond donors (Lipinski definition) is 2. The number of allylic oxidation sites excluding steroid dienone is 2. The molecule has 2 aliphatic carbocycles. The largest absolute Gasteiger partial charge is 0.508 e. The molecule has 0 aromatic heterocycles. The van der Waals surface area contributed by atoms with Crippen molar-refractivity contribution in [1.82, 2.24) is 9.80 Å². The van der Waals surface area contributed by atoms with Crippen LogP contribution in [0.2, 0.25) is 0 Å². The summed E-state index contributed by atoms with van der Waals surface area (Å²) in [5.74, 6) is -5.87. The first kappa shape index (κ1) is 28.1. The molecule has 6 unspecified atom stereocenters. The topological polar surface area (TPSA) is 132 Å². The fourth-order valence-electron chi connectivity index (χ4n) is 6.84. The number of nitrogens with zero attached hydrogens (tertiary/aromatic N) is 2. The number of aliphatic carboxylic acids is 1. The fourth-order valence-corrected chi connectivity index (χ4v) is 8.27. The summed E-state index contributed by atoms with van der Waals surface area (Å²) in [6.45, 7) is 0.183. The summed E-state index contributed by atoms with van der Waals surface area (Å²) in [6.07, 6.45) is 3.53. The van der Waals surface area contributed by atoms with Crippen molar-refractivity contribution in [1.29, 1.82) is 0 Å². The van der Waals surface area contributed by atoms with E-state index in [-0.39, 0.29) is 48.8 Å². The van der Waals surface area contributed by atoms with Crippen molar-refractivity contribution >= 4 is 68.7 Å². The number of amides is 4. The Balaban J connectivity index is 1.53. The number of unbranched alkanes of at least 4 members (excludes halogenated alkanes) is 2. The third-order valence-electron chi connectivity index (χ3n) is 8.58. The minimum absolute atomic E-state index is 0.0229. The normalized spacial score (nSPS) is 33.7. The Morgan fingerprint density at radius 3 is 2.44 bits per heavy atom. The summed E-state index contributed by atoms with van der Waals surface area (Å²) in [4.78, 5) is 63.5. The van der Waals surface area contributed by atoms with Gasteiger partial charge in [-0.2, -0.15) is 0 Å². The van der Waals surface area contributed by atoms with Gasteiger partial charge < -0.3 is 10.2 Å². The van der Waals surface area contributed by atoms with Gasteiger partial charge in [-0.1, -0.05) is 46.1 Å². The number of carbonyl (C=O) groups is 5. The first-order chi connectivity index (χ1) is 18.5. The molecule has 1 aromatic carbocycles. The van der Waals surface area contributed by atoms with Gasteiger partial charge in [-0.15, -0.1) is 23.2 Å². The summed E-state index contributed by atoms with van der Waals surface area (Å²) in [7, 11) is 0. The number of phenols is 1. The van der Waals surface area contributed by atoms with Crippen molar-refractivity contribution in [3.05, 3.63) is 41.5 Å². The molecule has 208 valence electrons. The van der Waals surface area contributed by atoms with E-state index in [0.29, 0.717) is 30.4 Å². The van der Waals surface area contributed by atoms with Crippen LogP contribution >= 0.6 is 39.1 Å². The first-order valence-corrected chi connectivity index (χ1v) is 14.7. The molecule has 0 radical (unpaired) electrons. The summed E-state index contributed by atoms with van der Waals surface area (Å²) < 4.78 is 0. The van der Waals surface area contributed by atoms with Crippen molar-refractivity contribution in [2.24, 2.45) is 17.8 Å². The molecule has 12 heteroatoms. The smallest absolute Gasteiger partial charge is 0.303 e. The van der Waals surface area contributed by atoms with Crippen molar-refractivity contribution in [2.45, 2.75) is 54.2 Å². The van der Waals surface area contributed by atoms with Crippen LogP contribution in [0, 0.1) is 17.8 Å². The highest BCUT2D eigenvalue weighted by Crippen LogP contribution is 2.65. The van der Waals surface area contributed by atoms with E-state index in [2.05, 4.69) is 15.9 Å². The third kappa shape index (κ3) is 4.13. The molecule has 4 amide bonds. The number of halogens is 3. The van der Waals surface area contributed by atoms with Crippen LogP contribution in [0.1, 0.15) is 50.0 Å². The minimum atomic E-state index is -1.90. The molecular formula is C27H27BrCl2N2O7. The third-order valence-corrected chi connectivity index (χ3v) is 10.5. The number of phenolic OH excluding ortho intramolecular Hbond substituents is 1. The lowest BCUT2D eigenvalue weighted by Crippen LogP contribution is -2.60. The number of imide groups is 2. The fraction of sp³-hybridized carbons (Fsp3) is 0.519. The number of carboxylic acids is 1. The standard InChI is InChI=1S/C27H27BrCl2N2O7/c28-13-32-24(38)26(29)12-18-16(21(27(26,30)25(32)39)14-5-4-6-15(33)11-14)8-9-17-20(18)23(37)31(22(17)36)10-3-1-2-7-19(34)35/h4-6,8,11,17-18,20-21,33H,1-3,7,9-10,12-13H2,(H,34,35). The first-order valence-electron chi connectivity index (χ1n) is 12.8. The lowest BCUT2D eigenvalue weighted by atomic mass is 9.56. The molecule has 2 aliphatic heterocycles. The molecule has 0 bridgehead atoms. The molecule has 5 rings (SSSR count). The van der Waals surface area contributed by atoms with Gasteiger partial charge in [-0.25, -0.2) is 0 Å². The van der Waals surface area contributed by atoms with E-state index in [9.17, 15) is 29.1 Å². The Kier molecular flexibility index (Phi) is 7.35. The van der Waals surface area contributed by atoms with Crippen molar-refractivity contribution in [2.75, 3.05) is 12.0 Å². The van der Waals surface area contributed by atoms with Crippen LogP contribution in [0.25, 0.3) is 0 Å². The van der Waals surface area contributed by atoms with Gasteiger partial charge in [-0.3, -0.25) is 33.8 Å². The zero-order valence-corrected chi connectivity index (χ0v) is 23.9. The molecule has 9 nitrogen and oxygen atoms in total. The highest BCUT2D eigenvalue weighted by Gasteiger charge is 2.76. The predicted octanol–water partition coefficient (Wildman–Crippen LogP) is 3.75. The van der Waals surface area contributed by atoms with Crippen LogP contribution in [0.3, 0.4) is 0 Å². The molecule has 1 saturated carbocycles. The molecule has 4 aliphatic rings. The van der Waals surface area contributed by atoms with E-state index in [1.54, 1.807) is 12.1 Å². The molecular weight excluding hydrogens is 615 g/mol. The molecule has 1 aromatic rings. The quantitative estimate of drug-likeness (QED) is 0.145. The number of carboxylic acid groups (broad SMARTS) is 1. The summed E-state index contributed by atoms with van der Waals surface area (Å²) in [6, 6.07) is 6.25. The van der Waals surface area contributed by atoms with Crippen LogP contribution in [0.5, 0.6) is 5.75 Å². The van der Waals surface area contributed by atoms with Crippen LogP contribution in [0.15, 0.2) is 35.9 Å². The van der Waals surface area contributed by atoms with Crippen LogP contribution in [-0.4, -0.2) is 71.4 Å². The van der Waals surface area contributed by atoms with Gasteiger partial charge in [0, 0.05) is 18.9 Å². The summed E-state index contributed by atoms with van der Waals surface area (Å²) in [5.41, 5.74) is 1.03. The number of fused-ring (bicyclic) bond motifs is 4. The molecule has 3 fully saturated rings. The second-order valence-corrected chi connectivity index (χ2v) is 12.4. The predicted molar refractivity (Wildman–Crippen MR) is 144 cm³/mol. The monoisotopic (exact) mass is 640 g/mol. The highest BCUT2D eigenvalue weighted by molar-refractivity contribution is 9.09. The van der Waals surface area contributed by atoms with E-state index in [1.165, 1.54) is 17.0 Å². The maximum Gasteiger partial charge on any atom is 0.303 e. The second-order valence-electron chi connectivity index (χ2n) is 10.6. The second kappa shape index (κ2) is 10.2. The lowest BCUT2D eigenvalue weighted by molar-refractivity contribution is -0.141. The van der Waals surface area contributed by atoms with E-state index in [4.69, 9.17) is 28.3 Å². The van der Waals surface area contributed by atoms with Gasteiger partial charge >= 0.3 is 5.97 Å². The Morgan fingerprint density at radius 1 is 1.03 bits per heavy atom. The van der Waals surface area contributed by atoms with Crippen molar-refractivity contribution in [3.8, 4) is 5.75 Å². The molecule has 39 heavy (non-hydrogen) atoms. The van der Waals surface area contributed by atoms with Crippen LogP contribution in [0.4, 0.5) is 0 Å². The van der Waals surface area contributed by atoms with Gasteiger partial charge in [0.15, 0.2) is 9.75 Å². The van der Waals surface area contributed by atoms with Gasteiger partial charge in [0.25, 0.3) is 11.8 Å². The number of benzene rings is 1. The average Bonchev–Trinajstić information content (AvgIpc) is 3.21. The van der Waals surface area contributed by atoms with E-state index < -0.39 is 51.2 Å². The number of aromatic hydroxyl groups is 1. The Morgan fingerprint density at radius 2 is 1.77 bits per heavy atom. The zero-order valence-electron chi connectivity index (χ0n) is 20.8. The van der Waals surface area contributed by atoms with Crippen molar-refractivity contribution < 1.29 is 34.2 Å². The SMILES string of the molecule is O=C(O)CCCCCN1C(=O)C2CC=C3C(CC4(Cl)C(=O)N(CBr)C(=O)C4(Cl)C3c3cccc(O)c3)C2C1=O. The van der Waals surface area contributed by atoms with Gasteiger partial charge in [0.05, 0.1) is 17.3 Å². The Labute approximate surface area is 243 Å². The van der Waals surface area contributed by atoms with Gasteiger partial charge in [0.1, 0.15) is 5.75 Å². The van der Waals surface area contributed by atoms with E-state index in [1.807, 2.05) is 6.08 Å².